The smallest absolute Gasteiger partial charge is 0.417 e. The number of ether oxygens (including phenoxy) is 1. The molecule has 2 aromatic heterocycles. The normalized spacial score (nSPS) is 11.9. The standard InChI is InChI=1S/C11H8F5N3O/c12-10(13)20-9-3-1-2-7(18-9)4-19-5-8(17-6-19)11(14,15)16/h1-3,5-6,10H,4H2. The van der Waals surface area contributed by atoms with Gasteiger partial charge in [-0.2, -0.15) is 22.0 Å². The predicted octanol–water partition coefficient (Wildman–Crippen LogP) is 2.95. The predicted molar refractivity (Wildman–Crippen MR) is 57.2 cm³/mol. The number of alkyl halides is 5. The molecule has 2 rings (SSSR count). The topological polar surface area (TPSA) is 39.9 Å². The highest BCUT2D eigenvalue weighted by molar-refractivity contribution is 5.16. The fourth-order valence-corrected chi connectivity index (χ4v) is 1.48. The highest BCUT2D eigenvalue weighted by Gasteiger charge is 2.33. The van der Waals surface area contributed by atoms with Crippen molar-refractivity contribution in [2.45, 2.75) is 19.3 Å². The van der Waals surface area contributed by atoms with Crippen molar-refractivity contribution in [1.82, 2.24) is 14.5 Å². The molecular formula is C11H8F5N3O. The van der Waals surface area contributed by atoms with E-state index < -0.39 is 18.5 Å². The molecule has 0 unspecified atom stereocenters. The van der Waals surface area contributed by atoms with Gasteiger partial charge in [0.15, 0.2) is 5.69 Å². The number of nitrogens with zero attached hydrogens (tertiary/aromatic N) is 3. The minimum atomic E-state index is -4.53. The van der Waals surface area contributed by atoms with Crippen molar-refractivity contribution in [3.63, 3.8) is 0 Å². The summed E-state index contributed by atoms with van der Waals surface area (Å²) in [7, 11) is 0. The molecule has 0 fully saturated rings. The van der Waals surface area contributed by atoms with Gasteiger partial charge in [-0.15, -0.1) is 0 Å². The largest absolute Gasteiger partial charge is 0.434 e. The lowest BCUT2D eigenvalue weighted by molar-refractivity contribution is -0.140. The second-order valence-corrected chi connectivity index (χ2v) is 3.77. The SMILES string of the molecule is FC(F)Oc1cccc(Cn2cnc(C(F)(F)F)c2)n1. The summed E-state index contributed by atoms with van der Waals surface area (Å²) in [5.41, 5.74) is -0.758. The van der Waals surface area contributed by atoms with Gasteiger partial charge in [0.25, 0.3) is 0 Å². The summed E-state index contributed by atoms with van der Waals surface area (Å²) >= 11 is 0. The lowest BCUT2D eigenvalue weighted by Crippen LogP contribution is -2.07. The van der Waals surface area contributed by atoms with Crippen molar-refractivity contribution in [3.8, 4) is 5.88 Å². The molecular weight excluding hydrogens is 285 g/mol. The van der Waals surface area contributed by atoms with Crippen molar-refractivity contribution < 1.29 is 26.7 Å². The Morgan fingerprint density at radius 3 is 2.60 bits per heavy atom. The van der Waals surface area contributed by atoms with Gasteiger partial charge in [0.2, 0.25) is 5.88 Å². The van der Waals surface area contributed by atoms with Crippen molar-refractivity contribution in [2.24, 2.45) is 0 Å². The lowest BCUT2D eigenvalue weighted by Gasteiger charge is -2.06. The van der Waals surface area contributed by atoms with Crippen LogP contribution in [-0.2, 0) is 12.7 Å². The summed E-state index contributed by atoms with van der Waals surface area (Å²) in [6.45, 7) is -3.05. The molecule has 0 bridgehead atoms. The number of aromatic nitrogens is 3. The molecule has 0 N–H and O–H groups in total. The van der Waals surface area contributed by atoms with Gasteiger partial charge in [0, 0.05) is 12.3 Å². The summed E-state index contributed by atoms with van der Waals surface area (Å²) in [4.78, 5) is 6.96. The first-order valence-corrected chi connectivity index (χ1v) is 5.34. The fourth-order valence-electron chi connectivity index (χ4n) is 1.48. The first-order chi connectivity index (χ1) is 9.34. The van der Waals surface area contributed by atoms with E-state index in [0.29, 0.717) is 0 Å². The first-order valence-electron chi connectivity index (χ1n) is 5.34. The molecule has 4 nitrogen and oxygen atoms in total. The van der Waals surface area contributed by atoms with Crippen LogP contribution < -0.4 is 4.74 Å². The van der Waals surface area contributed by atoms with Crippen LogP contribution in [0.2, 0.25) is 0 Å². The van der Waals surface area contributed by atoms with Crippen molar-refractivity contribution in [2.75, 3.05) is 0 Å². The molecule has 108 valence electrons. The van der Waals surface area contributed by atoms with Crippen LogP contribution in [0.1, 0.15) is 11.4 Å². The van der Waals surface area contributed by atoms with Crippen LogP contribution in [0.15, 0.2) is 30.7 Å². The van der Waals surface area contributed by atoms with Crippen LogP contribution in [0, 0.1) is 0 Å². The summed E-state index contributed by atoms with van der Waals surface area (Å²) in [5.74, 6) is -0.298. The van der Waals surface area contributed by atoms with Crippen LogP contribution >= 0.6 is 0 Å². The number of pyridine rings is 1. The monoisotopic (exact) mass is 293 g/mol. The summed E-state index contributed by atoms with van der Waals surface area (Å²) in [6.07, 6.45) is -2.73. The third-order valence-corrected chi connectivity index (χ3v) is 2.26. The Morgan fingerprint density at radius 2 is 2.00 bits per heavy atom. The molecule has 0 aliphatic carbocycles. The fraction of sp³-hybridized carbons (Fsp3) is 0.273. The van der Waals surface area contributed by atoms with Crippen LogP contribution in [0.4, 0.5) is 22.0 Å². The maximum atomic E-state index is 12.4. The Kier molecular flexibility index (Phi) is 3.86. The van der Waals surface area contributed by atoms with Gasteiger partial charge in [-0.25, -0.2) is 9.97 Å². The van der Waals surface area contributed by atoms with Crippen LogP contribution in [0.3, 0.4) is 0 Å². The van der Waals surface area contributed by atoms with E-state index in [-0.39, 0.29) is 18.1 Å². The van der Waals surface area contributed by atoms with Gasteiger partial charge in [-0.3, -0.25) is 0 Å². The van der Waals surface area contributed by atoms with Gasteiger partial charge >= 0.3 is 12.8 Å². The van der Waals surface area contributed by atoms with Crippen LogP contribution in [0.5, 0.6) is 5.88 Å². The second kappa shape index (κ2) is 5.43. The van der Waals surface area contributed by atoms with E-state index in [1.807, 2.05) is 0 Å². The number of rotatable bonds is 4. The Hall–Kier alpha value is -2.19. The van der Waals surface area contributed by atoms with E-state index in [4.69, 9.17) is 0 Å². The van der Waals surface area contributed by atoms with Gasteiger partial charge < -0.3 is 9.30 Å². The maximum Gasteiger partial charge on any atom is 0.434 e. The molecule has 2 aromatic rings. The number of halogens is 5. The van der Waals surface area contributed by atoms with Crippen molar-refractivity contribution in [1.29, 1.82) is 0 Å². The van der Waals surface area contributed by atoms with Gasteiger partial charge in [0.1, 0.15) is 0 Å². The van der Waals surface area contributed by atoms with E-state index >= 15 is 0 Å². The molecule has 2 heterocycles. The minimum Gasteiger partial charge on any atom is -0.417 e. The third-order valence-electron chi connectivity index (χ3n) is 2.26. The van der Waals surface area contributed by atoms with Gasteiger partial charge in [-0.05, 0) is 6.07 Å². The average Bonchev–Trinajstić information content (AvgIpc) is 2.76. The Balaban J connectivity index is 2.12. The van der Waals surface area contributed by atoms with Crippen molar-refractivity contribution >= 4 is 0 Å². The molecule has 9 heteroatoms. The minimum absolute atomic E-state index is 0.0382. The number of hydrogen-bond acceptors (Lipinski definition) is 3. The Morgan fingerprint density at radius 1 is 1.25 bits per heavy atom. The van der Waals surface area contributed by atoms with E-state index in [2.05, 4.69) is 14.7 Å². The molecule has 0 radical (unpaired) electrons. The Bertz CT molecular complexity index is 581. The Labute approximate surface area is 109 Å². The number of hydrogen-bond donors (Lipinski definition) is 0. The summed E-state index contributed by atoms with van der Waals surface area (Å²) in [6, 6.07) is 4.12. The quantitative estimate of drug-likeness (QED) is 0.814. The maximum absolute atomic E-state index is 12.4. The lowest BCUT2D eigenvalue weighted by atomic mass is 10.3. The van der Waals surface area contributed by atoms with E-state index in [0.717, 1.165) is 17.1 Å². The van der Waals surface area contributed by atoms with E-state index in [1.165, 1.54) is 18.2 Å². The molecule has 0 aliphatic heterocycles. The third kappa shape index (κ3) is 3.65. The van der Waals surface area contributed by atoms with E-state index in [1.54, 1.807) is 0 Å². The van der Waals surface area contributed by atoms with Gasteiger partial charge in [-0.1, -0.05) is 6.07 Å². The zero-order valence-corrected chi connectivity index (χ0v) is 9.81. The highest BCUT2D eigenvalue weighted by atomic mass is 19.4. The van der Waals surface area contributed by atoms with Crippen molar-refractivity contribution in [3.05, 3.63) is 42.1 Å². The molecule has 0 saturated carbocycles. The van der Waals surface area contributed by atoms with Crippen LogP contribution in [-0.4, -0.2) is 21.1 Å². The van der Waals surface area contributed by atoms with E-state index in [9.17, 15) is 22.0 Å². The molecule has 0 atom stereocenters. The number of imidazole rings is 1. The average molecular weight is 293 g/mol. The molecule has 0 saturated heterocycles. The summed E-state index contributed by atoms with van der Waals surface area (Å²) < 4.78 is 66.3. The molecule has 0 aliphatic rings. The highest BCUT2D eigenvalue weighted by Crippen LogP contribution is 2.27. The summed E-state index contributed by atoms with van der Waals surface area (Å²) in [5, 5.41) is 0. The zero-order valence-electron chi connectivity index (χ0n) is 9.81. The molecule has 0 aromatic carbocycles. The zero-order chi connectivity index (χ0) is 14.8. The molecule has 0 spiro atoms. The van der Waals surface area contributed by atoms with Gasteiger partial charge in [0.05, 0.1) is 18.6 Å². The van der Waals surface area contributed by atoms with Crippen LogP contribution in [0.25, 0.3) is 0 Å². The second-order valence-electron chi connectivity index (χ2n) is 3.77. The molecule has 0 amide bonds. The first kappa shape index (κ1) is 14.2. The molecule has 20 heavy (non-hydrogen) atoms.